The van der Waals surface area contributed by atoms with Crippen LogP contribution in [-0.2, 0) is 9.53 Å². The molecule has 0 unspecified atom stereocenters. The van der Waals surface area contributed by atoms with Gasteiger partial charge in [-0.25, -0.2) is 9.59 Å². The third kappa shape index (κ3) is 5.20. The molecule has 8 nitrogen and oxygen atoms in total. The van der Waals surface area contributed by atoms with Crippen molar-refractivity contribution in [3.63, 3.8) is 0 Å². The second-order valence-electron chi connectivity index (χ2n) is 7.74. The van der Waals surface area contributed by atoms with Crippen LogP contribution in [0.4, 0.5) is 10.5 Å². The number of rotatable bonds is 7. The van der Waals surface area contributed by atoms with Gasteiger partial charge in [-0.3, -0.25) is 10.1 Å². The summed E-state index contributed by atoms with van der Waals surface area (Å²) in [5, 5.41) is 23.1. The van der Waals surface area contributed by atoms with Gasteiger partial charge in [0.25, 0.3) is 5.91 Å². The predicted molar refractivity (Wildman–Crippen MR) is 134 cm³/mol. The number of hydrogen-bond acceptors (Lipinski definition) is 5. The number of aliphatic hydroxyl groups excluding tert-OH is 1. The molecule has 0 fully saturated rings. The molecule has 0 heterocycles. The van der Waals surface area contributed by atoms with Crippen LogP contribution in [0.3, 0.4) is 0 Å². The van der Waals surface area contributed by atoms with Gasteiger partial charge in [0.1, 0.15) is 6.61 Å². The molecule has 3 aromatic carbocycles. The number of carboxylic acids is 1. The van der Waals surface area contributed by atoms with Gasteiger partial charge >= 0.3 is 12.1 Å². The van der Waals surface area contributed by atoms with Crippen molar-refractivity contribution >= 4 is 46.2 Å². The van der Waals surface area contributed by atoms with Crippen molar-refractivity contribution in [3.8, 4) is 11.1 Å². The van der Waals surface area contributed by atoms with Crippen LogP contribution in [0.1, 0.15) is 27.4 Å². The van der Waals surface area contributed by atoms with Gasteiger partial charge in [0.15, 0.2) is 6.10 Å². The van der Waals surface area contributed by atoms with Gasteiger partial charge in [0.05, 0.1) is 6.54 Å². The maximum Gasteiger partial charge on any atom is 0.411 e. The first-order chi connectivity index (χ1) is 16.3. The van der Waals surface area contributed by atoms with Gasteiger partial charge in [0.2, 0.25) is 0 Å². The Labute approximate surface area is 209 Å². The highest BCUT2D eigenvalue weighted by Gasteiger charge is 2.29. The van der Waals surface area contributed by atoms with Crippen molar-refractivity contribution in [2.24, 2.45) is 0 Å². The first-order valence-electron chi connectivity index (χ1n) is 10.4. The molecule has 0 aliphatic heterocycles. The maximum absolute atomic E-state index is 12.5. The fourth-order valence-electron chi connectivity index (χ4n) is 3.92. The lowest BCUT2D eigenvalue weighted by Crippen LogP contribution is -2.36. The number of amides is 2. The molecular formula is C25H21IN2O6. The van der Waals surface area contributed by atoms with Crippen LogP contribution in [0.15, 0.2) is 66.7 Å². The smallest absolute Gasteiger partial charge is 0.411 e. The van der Waals surface area contributed by atoms with E-state index < -0.39 is 30.6 Å². The molecule has 0 radical (unpaired) electrons. The molecule has 1 aliphatic carbocycles. The Kier molecular flexibility index (Phi) is 7.13. The lowest BCUT2D eigenvalue weighted by Gasteiger charge is -2.15. The summed E-state index contributed by atoms with van der Waals surface area (Å²) in [4.78, 5) is 35.6. The molecule has 2 amide bonds. The number of carbonyl (C=O) groups excluding carboxylic acids is 2. The molecule has 174 valence electrons. The fourth-order valence-corrected chi connectivity index (χ4v) is 4.59. The molecule has 9 heteroatoms. The molecule has 34 heavy (non-hydrogen) atoms. The van der Waals surface area contributed by atoms with E-state index in [0.717, 1.165) is 22.3 Å². The molecule has 4 N–H and O–H groups in total. The van der Waals surface area contributed by atoms with E-state index in [1.165, 1.54) is 6.07 Å². The summed E-state index contributed by atoms with van der Waals surface area (Å²) in [5.74, 6) is -2.08. The molecule has 0 saturated heterocycles. The van der Waals surface area contributed by atoms with Gasteiger partial charge in [-0.1, -0.05) is 48.5 Å². The molecule has 3 aromatic rings. The predicted octanol–water partition coefficient (Wildman–Crippen LogP) is 3.83. The van der Waals surface area contributed by atoms with Gasteiger partial charge in [-0.15, -0.1) is 0 Å². The van der Waals surface area contributed by atoms with Crippen LogP contribution < -0.4 is 10.6 Å². The van der Waals surface area contributed by atoms with Gasteiger partial charge in [-0.2, -0.15) is 0 Å². The maximum atomic E-state index is 12.5. The first kappa shape index (κ1) is 23.7. The molecule has 1 atom stereocenters. The first-order valence-corrected chi connectivity index (χ1v) is 11.5. The number of aliphatic hydroxyl groups is 1. The highest BCUT2D eigenvalue weighted by Crippen LogP contribution is 2.44. The number of anilines is 1. The molecule has 0 bridgehead atoms. The van der Waals surface area contributed by atoms with E-state index in [2.05, 4.69) is 22.8 Å². The largest absolute Gasteiger partial charge is 0.479 e. The third-order valence-electron chi connectivity index (χ3n) is 5.49. The zero-order valence-electron chi connectivity index (χ0n) is 17.8. The molecule has 4 rings (SSSR count). The van der Waals surface area contributed by atoms with Crippen molar-refractivity contribution in [3.05, 3.63) is 87.0 Å². The number of aliphatic carboxylic acids is 1. The monoisotopic (exact) mass is 572 g/mol. The zero-order chi connectivity index (χ0) is 24.2. The second-order valence-corrected chi connectivity index (χ2v) is 8.99. The Morgan fingerprint density at radius 3 is 2.21 bits per heavy atom. The topological polar surface area (TPSA) is 125 Å². The SMILES string of the molecule is O=C(Nc1cc(I)cc(C(=O)NC[C@H](O)C(=O)O)c1)OCC1c2ccccc2-c2ccccc21. The second kappa shape index (κ2) is 10.2. The summed E-state index contributed by atoms with van der Waals surface area (Å²) >= 11 is 2.00. The van der Waals surface area contributed by atoms with Crippen molar-refractivity contribution in [2.45, 2.75) is 12.0 Å². The summed E-state index contributed by atoms with van der Waals surface area (Å²) in [7, 11) is 0. The van der Waals surface area contributed by atoms with E-state index >= 15 is 0 Å². The summed E-state index contributed by atoms with van der Waals surface area (Å²) in [6.07, 6.45) is -2.36. The average Bonchev–Trinajstić information content (AvgIpc) is 3.14. The van der Waals surface area contributed by atoms with Gasteiger partial charge < -0.3 is 20.3 Å². The zero-order valence-corrected chi connectivity index (χ0v) is 20.0. The molecule has 0 saturated carbocycles. The molecular weight excluding hydrogens is 551 g/mol. The lowest BCUT2D eigenvalue weighted by atomic mass is 9.98. The van der Waals surface area contributed by atoms with Crippen molar-refractivity contribution < 1.29 is 29.3 Å². The van der Waals surface area contributed by atoms with Crippen LogP contribution in [0.2, 0.25) is 0 Å². The normalized spacial score (nSPS) is 12.9. The highest BCUT2D eigenvalue weighted by molar-refractivity contribution is 14.1. The summed E-state index contributed by atoms with van der Waals surface area (Å²) in [6.45, 7) is -0.279. The van der Waals surface area contributed by atoms with Crippen molar-refractivity contribution in [1.82, 2.24) is 5.32 Å². The Morgan fingerprint density at radius 1 is 0.971 bits per heavy atom. The molecule has 0 spiro atoms. The quantitative estimate of drug-likeness (QED) is 0.319. The lowest BCUT2D eigenvalue weighted by molar-refractivity contribution is -0.146. The Balaban J connectivity index is 1.41. The van der Waals surface area contributed by atoms with E-state index in [1.807, 2.05) is 59.0 Å². The Hall–Kier alpha value is -3.44. The third-order valence-corrected chi connectivity index (χ3v) is 6.11. The minimum atomic E-state index is -1.70. The van der Waals surface area contributed by atoms with Gasteiger partial charge in [0, 0.05) is 20.7 Å². The number of ether oxygens (including phenoxy) is 1. The summed E-state index contributed by atoms with van der Waals surface area (Å²) in [6, 6.07) is 20.8. The van der Waals surface area contributed by atoms with E-state index in [1.54, 1.807) is 12.1 Å². The summed E-state index contributed by atoms with van der Waals surface area (Å²) < 4.78 is 6.22. The van der Waals surface area contributed by atoms with Crippen LogP contribution in [0.5, 0.6) is 0 Å². The Bertz CT molecular complexity index is 1220. The van der Waals surface area contributed by atoms with Crippen molar-refractivity contribution in [1.29, 1.82) is 0 Å². The number of carbonyl (C=O) groups is 3. The minimum absolute atomic E-state index is 0.0731. The van der Waals surface area contributed by atoms with E-state index in [-0.39, 0.29) is 18.1 Å². The fraction of sp³-hybridized carbons (Fsp3) is 0.160. The number of nitrogens with one attached hydrogen (secondary N) is 2. The number of hydrogen-bond donors (Lipinski definition) is 4. The van der Waals surface area contributed by atoms with Crippen LogP contribution in [-0.4, -0.2) is 47.4 Å². The number of benzene rings is 3. The Morgan fingerprint density at radius 2 is 1.59 bits per heavy atom. The standard InChI is InChI=1S/C25H21IN2O6/c26-15-9-14(23(30)27-12-22(29)24(31)32)10-16(11-15)28-25(33)34-13-21-19-7-3-1-5-17(19)18-6-2-4-8-20(18)21/h1-11,21-22,29H,12-13H2,(H,27,30)(H,28,33)(H,31,32)/t22-/m0/s1. The highest BCUT2D eigenvalue weighted by atomic mass is 127. The van der Waals surface area contributed by atoms with E-state index in [4.69, 9.17) is 9.84 Å². The molecule has 0 aromatic heterocycles. The minimum Gasteiger partial charge on any atom is -0.479 e. The average molecular weight is 572 g/mol. The van der Waals surface area contributed by atoms with E-state index in [0.29, 0.717) is 9.26 Å². The van der Waals surface area contributed by atoms with Crippen LogP contribution in [0.25, 0.3) is 11.1 Å². The number of halogens is 1. The molecule has 1 aliphatic rings. The van der Waals surface area contributed by atoms with E-state index in [9.17, 15) is 19.5 Å². The summed E-state index contributed by atoms with van der Waals surface area (Å²) in [5.41, 5.74) is 5.04. The van der Waals surface area contributed by atoms with Gasteiger partial charge in [-0.05, 0) is 63.0 Å². The van der Waals surface area contributed by atoms with Crippen LogP contribution in [0, 0.1) is 3.57 Å². The number of carboxylic acid groups (broad SMARTS) is 1. The number of fused-ring (bicyclic) bond motifs is 3. The van der Waals surface area contributed by atoms with Crippen LogP contribution >= 0.6 is 22.6 Å². The van der Waals surface area contributed by atoms with Crippen molar-refractivity contribution in [2.75, 3.05) is 18.5 Å².